The average molecular weight is 327 g/mol. The van der Waals surface area contributed by atoms with E-state index in [-0.39, 0.29) is 0 Å². The van der Waals surface area contributed by atoms with Gasteiger partial charge in [0.25, 0.3) is 0 Å². The van der Waals surface area contributed by atoms with Crippen LogP contribution in [0.2, 0.25) is 0 Å². The normalized spacial score (nSPS) is 11.2. The van der Waals surface area contributed by atoms with E-state index in [2.05, 4.69) is 37.9 Å². The van der Waals surface area contributed by atoms with Crippen molar-refractivity contribution in [3.63, 3.8) is 0 Å². The number of imidazole rings is 2. The van der Waals surface area contributed by atoms with Crippen molar-refractivity contribution in [2.75, 3.05) is 0 Å². The zero-order valence-corrected chi connectivity index (χ0v) is 13.1. The predicted molar refractivity (Wildman–Crippen MR) is 93.7 cm³/mol. The molecule has 5 aromatic rings. The highest BCUT2D eigenvalue weighted by molar-refractivity contribution is 5.82. The van der Waals surface area contributed by atoms with Crippen LogP contribution in [0.3, 0.4) is 0 Å². The molecule has 2 aromatic carbocycles. The summed E-state index contributed by atoms with van der Waals surface area (Å²) in [7, 11) is 0. The summed E-state index contributed by atoms with van der Waals surface area (Å²) in [5, 5.41) is 3.98. The van der Waals surface area contributed by atoms with Gasteiger partial charge in [-0.3, -0.25) is 4.57 Å². The summed E-state index contributed by atoms with van der Waals surface area (Å²) in [6, 6.07) is 16.2. The Morgan fingerprint density at radius 1 is 0.920 bits per heavy atom. The quantitative estimate of drug-likeness (QED) is 0.505. The molecule has 0 saturated heterocycles. The van der Waals surface area contributed by atoms with Crippen molar-refractivity contribution in [2.24, 2.45) is 0 Å². The third-order valence-corrected chi connectivity index (χ3v) is 4.19. The molecule has 0 atom stereocenters. The maximum Gasteiger partial charge on any atom is 0.124 e. The zero-order chi connectivity index (χ0) is 16.6. The summed E-state index contributed by atoms with van der Waals surface area (Å²) in [6.07, 6.45) is 8.89. The van der Waals surface area contributed by atoms with Crippen LogP contribution >= 0.6 is 0 Å². The standard InChI is InChI=1S/C19H13N5O/c1-2-15(23-8-7-20-12-23)11-16(3-1)24-13-21-18-10-14(4-5-19(18)24)17-6-9-25-22-17/h1-13H. The second kappa shape index (κ2) is 5.45. The van der Waals surface area contributed by atoms with Gasteiger partial charge in [0.1, 0.15) is 18.3 Å². The Morgan fingerprint density at radius 2 is 1.88 bits per heavy atom. The van der Waals surface area contributed by atoms with Gasteiger partial charge in [-0.25, -0.2) is 9.97 Å². The molecule has 3 heterocycles. The third kappa shape index (κ3) is 2.31. The van der Waals surface area contributed by atoms with Crippen LogP contribution in [0.5, 0.6) is 0 Å². The molecule has 0 radical (unpaired) electrons. The summed E-state index contributed by atoms with van der Waals surface area (Å²) >= 11 is 0. The first-order valence-electron chi connectivity index (χ1n) is 7.85. The minimum absolute atomic E-state index is 0.804. The Hall–Kier alpha value is -3.67. The zero-order valence-electron chi connectivity index (χ0n) is 13.1. The van der Waals surface area contributed by atoms with Crippen LogP contribution < -0.4 is 0 Å². The highest BCUT2D eigenvalue weighted by Gasteiger charge is 2.09. The van der Waals surface area contributed by atoms with Gasteiger partial charge in [0, 0.05) is 35.4 Å². The van der Waals surface area contributed by atoms with E-state index in [9.17, 15) is 0 Å². The van der Waals surface area contributed by atoms with Crippen molar-refractivity contribution in [3.8, 4) is 22.6 Å². The molecule has 3 aromatic heterocycles. The third-order valence-electron chi connectivity index (χ3n) is 4.19. The second-order valence-electron chi connectivity index (χ2n) is 5.69. The van der Waals surface area contributed by atoms with Crippen LogP contribution in [0.1, 0.15) is 0 Å². The van der Waals surface area contributed by atoms with Gasteiger partial charge in [-0.05, 0) is 30.3 Å². The van der Waals surface area contributed by atoms with E-state index in [1.165, 1.54) is 0 Å². The first-order valence-corrected chi connectivity index (χ1v) is 7.85. The fourth-order valence-corrected chi connectivity index (χ4v) is 2.95. The molecule has 120 valence electrons. The van der Waals surface area contributed by atoms with Gasteiger partial charge in [-0.15, -0.1) is 0 Å². The number of fused-ring (bicyclic) bond motifs is 1. The molecule has 0 N–H and O–H groups in total. The topological polar surface area (TPSA) is 61.7 Å². The smallest absolute Gasteiger partial charge is 0.124 e. The van der Waals surface area contributed by atoms with Gasteiger partial charge in [0.2, 0.25) is 0 Å². The number of nitrogens with zero attached hydrogens (tertiary/aromatic N) is 5. The first-order chi connectivity index (χ1) is 12.4. The summed E-state index contributed by atoms with van der Waals surface area (Å²) in [4.78, 5) is 8.65. The molecule has 0 aliphatic carbocycles. The minimum atomic E-state index is 0.804. The van der Waals surface area contributed by atoms with Crippen LogP contribution in [-0.2, 0) is 0 Å². The molecule has 6 nitrogen and oxygen atoms in total. The van der Waals surface area contributed by atoms with Crippen molar-refractivity contribution in [1.29, 1.82) is 0 Å². The molecule has 0 fully saturated rings. The van der Waals surface area contributed by atoms with Gasteiger partial charge in [0.15, 0.2) is 0 Å². The van der Waals surface area contributed by atoms with Gasteiger partial charge in [0.05, 0.1) is 17.4 Å². The Kier molecular flexibility index (Phi) is 3.00. The van der Waals surface area contributed by atoms with Crippen LogP contribution in [0, 0.1) is 0 Å². The van der Waals surface area contributed by atoms with E-state index in [0.717, 1.165) is 33.7 Å². The van der Waals surface area contributed by atoms with Crippen molar-refractivity contribution in [3.05, 3.63) is 79.8 Å². The fourth-order valence-electron chi connectivity index (χ4n) is 2.95. The minimum Gasteiger partial charge on any atom is -0.364 e. The van der Waals surface area contributed by atoms with Gasteiger partial charge in [-0.2, -0.15) is 0 Å². The SMILES string of the molecule is c1cc(-n2ccnc2)cc(-n2cnc3cc(-c4ccon4)ccc32)c1. The Bertz CT molecular complexity index is 1140. The Balaban J connectivity index is 1.61. The molecular formula is C19H13N5O. The van der Waals surface area contributed by atoms with E-state index < -0.39 is 0 Å². The molecule has 0 aliphatic rings. The molecule has 6 heteroatoms. The summed E-state index contributed by atoms with van der Waals surface area (Å²) < 4.78 is 8.97. The Morgan fingerprint density at radius 3 is 2.72 bits per heavy atom. The lowest BCUT2D eigenvalue weighted by molar-refractivity contribution is 0.422. The maximum atomic E-state index is 4.92. The van der Waals surface area contributed by atoms with Gasteiger partial charge in [-0.1, -0.05) is 17.3 Å². The van der Waals surface area contributed by atoms with Crippen molar-refractivity contribution < 1.29 is 4.52 Å². The Labute approximate surface area is 143 Å². The molecular weight excluding hydrogens is 314 g/mol. The van der Waals surface area contributed by atoms with Gasteiger partial charge >= 0.3 is 0 Å². The van der Waals surface area contributed by atoms with Crippen molar-refractivity contribution >= 4 is 11.0 Å². The molecule has 25 heavy (non-hydrogen) atoms. The lowest BCUT2D eigenvalue weighted by Gasteiger charge is -2.08. The molecule has 0 unspecified atom stereocenters. The summed E-state index contributed by atoms with van der Waals surface area (Å²) in [5.41, 5.74) is 5.83. The van der Waals surface area contributed by atoms with Crippen molar-refractivity contribution in [2.45, 2.75) is 0 Å². The van der Waals surface area contributed by atoms with Crippen LogP contribution in [0.25, 0.3) is 33.7 Å². The number of benzene rings is 2. The molecule has 0 bridgehead atoms. The monoisotopic (exact) mass is 327 g/mol. The van der Waals surface area contributed by atoms with Crippen molar-refractivity contribution in [1.82, 2.24) is 24.3 Å². The van der Waals surface area contributed by atoms with E-state index in [0.29, 0.717) is 0 Å². The van der Waals surface area contributed by atoms with E-state index in [1.807, 2.05) is 47.4 Å². The molecule has 0 spiro atoms. The average Bonchev–Trinajstić information content (AvgIpc) is 3.42. The summed E-state index contributed by atoms with van der Waals surface area (Å²) in [6.45, 7) is 0. The lowest BCUT2D eigenvalue weighted by atomic mass is 10.1. The molecule has 0 saturated carbocycles. The highest BCUT2D eigenvalue weighted by atomic mass is 16.5. The predicted octanol–water partition coefficient (Wildman–Crippen LogP) is 3.87. The van der Waals surface area contributed by atoms with E-state index >= 15 is 0 Å². The summed E-state index contributed by atoms with van der Waals surface area (Å²) in [5.74, 6) is 0. The number of aromatic nitrogens is 5. The molecule has 5 rings (SSSR count). The largest absolute Gasteiger partial charge is 0.364 e. The van der Waals surface area contributed by atoms with Gasteiger partial charge < -0.3 is 9.09 Å². The van der Waals surface area contributed by atoms with E-state index in [1.54, 1.807) is 18.8 Å². The van der Waals surface area contributed by atoms with Crippen LogP contribution in [0.15, 0.2) is 84.4 Å². The second-order valence-corrected chi connectivity index (χ2v) is 5.69. The number of hydrogen-bond acceptors (Lipinski definition) is 4. The fraction of sp³-hybridized carbons (Fsp3) is 0. The maximum absolute atomic E-state index is 4.92. The van der Waals surface area contributed by atoms with Crippen LogP contribution in [-0.4, -0.2) is 24.3 Å². The number of rotatable bonds is 3. The molecule has 0 amide bonds. The van der Waals surface area contributed by atoms with E-state index in [4.69, 9.17) is 4.52 Å². The lowest BCUT2D eigenvalue weighted by Crippen LogP contribution is -1.95. The number of hydrogen-bond donors (Lipinski definition) is 0. The first kappa shape index (κ1) is 13.7. The molecule has 0 aliphatic heterocycles. The highest BCUT2D eigenvalue weighted by Crippen LogP contribution is 2.25. The van der Waals surface area contributed by atoms with Crippen LogP contribution in [0.4, 0.5) is 0 Å².